The lowest BCUT2D eigenvalue weighted by atomic mass is 10.1. The Morgan fingerprint density at radius 1 is 1.00 bits per heavy atom. The lowest BCUT2D eigenvalue weighted by molar-refractivity contribution is -0.114. The van der Waals surface area contributed by atoms with Crippen LogP contribution in [0.1, 0.15) is 5.56 Å². The highest BCUT2D eigenvalue weighted by Crippen LogP contribution is 2.33. The van der Waals surface area contributed by atoms with Crippen molar-refractivity contribution in [1.82, 2.24) is 0 Å². The minimum Gasteiger partial charge on any atom is -0.325 e. The van der Waals surface area contributed by atoms with Crippen LogP contribution in [0, 0.1) is 0 Å². The summed E-state index contributed by atoms with van der Waals surface area (Å²) in [6.45, 7) is 0. The molecule has 0 radical (unpaired) electrons. The van der Waals surface area contributed by atoms with Crippen molar-refractivity contribution in [3.8, 4) is 0 Å². The molecule has 3 aromatic rings. The van der Waals surface area contributed by atoms with Crippen molar-refractivity contribution in [2.75, 3.05) is 11.1 Å². The van der Waals surface area contributed by atoms with Crippen LogP contribution >= 0.6 is 23.5 Å². The lowest BCUT2D eigenvalue weighted by Gasteiger charge is -2.06. The number of rotatable bonds is 4. The second kappa shape index (κ2) is 8.46. The van der Waals surface area contributed by atoms with Gasteiger partial charge in [-0.3, -0.25) is 9.59 Å². The number of thioether (sulfide) groups is 2. The molecule has 1 aliphatic rings. The van der Waals surface area contributed by atoms with E-state index in [1.54, 1.807) is 0 Å². The van der Waals surface area contributed by atoms with Crippen LogP contribution in [0.5, 0.6) is 0 Å². The van der Waals surface area contributed by atoms with Crippen molar-refractivity contribution in [3.63, 3.8) is 0 Å². The van der Waals surface area contributed by atoms with Gasteiger partial charge in [0.15, 0.2) is 0 Å². The molecule has 0 saturated heterocycles. The normalized spacial score (nSPS) is 15.1. The van der Waals surface area contributed by atoms with E-state index in [0.717, 1.165) is 22.0 Å². The van der Waals surface area contributed by atoms with E-state index < -0.39 is 0 Å². The lowest BCUT2D eigenvalue weighted by Crippen LogP contribution is -2.14. The van der Waals surface area contributed by atoms with Crippen LogP contribution in [-0.4, -0.2) is 21.9 Å². The molecular formula is C22H16N2O2S2. The van der Waals surface area contributed by atoms with Gasteiger partial charge < -0.3 is 5.32 Å². The molecule has 28 heavy (non-hydrogen) atoms. The fourth-order valence-corrected chi connectivity index (χ4v) is 4.54. The number of carbonyl (C=O) groups is 2. The minimum absolute atomic E-state index is 0.128. The molecule has 1 heterocycles. The molecule has 1 N–H and O–H groups in total. The Hall–Kier alpha value is -2.83. The molecule has 0 fully saturated rings. The van der Waals surface area contributed by atoms with Crippen LogP contribution in [0.4, 0.5) is 5.69 Å². The molecule has 0 aromatic heterocycles. The number of fused-ring (bicyclic) bond motifs is 1. The summed E-state index contributed by atoms with van der Waals surface area (Å²) < 4.78 is 0.598. The van der Waals surface area contributed by atoms with E-state index in [1.165, 1.54) is 23.5 Å². The standard InChI is InChI=1S/C22H16N2O2S2/c25-20(23-18-11-10-16-8-4-5-9-17(16)13-18)14-27-22-24-21(26)19(28-22)12-15-6-2-1-3-7-15/h1-13H,14H2,(H,23,25). The SMILES string of the molecule is O=C(CSC1=NC(=O)C(=Cc2ccccc2)S1)Nc1ccc2ccccc2c1. The first-order valence-electron chi connectivity index (χ1n) is 8.66. The Balaban J connectivity index is 1.34. The fraction of sp³-hybridized carbons (Fsp3) is 0.0455. The molecule has 4 rings (SSSR count). The zero-order valence-corrected chi connectivity index (χ0v) is 16.4. The van der Waals surface area contributed by atoms with Crippen LogP contribution < -0.4 is 5.32 Å². The van der Waals surface area contributed by atoms with Crippen LogP contribution in [0.3, 0.4) is 0 Å². The van der Waals surface area contributed by atoms with Gasteiger partial charge in [0.2, 0.25) is 5.91 Å². The van der Waals surface area contributed by atoms with Gasteiger partial charge in [-0.05, 0) is 34.5 Å². The van der Waals surface area contributed by atoms with Crippen LogP contribution in [-0.2, 0) is 9.59 Å². The number of amides is 2. The third-order valence-electron chi connectivity index (χ3n) is 4.06. The maximum Gasteiger partial charge on any atom is 0.285 e. The number of hydrogen-bond donors (Lipinski definition) is 1. The Kier molecular flexibility index (Phi) is 5.60. The summed E-state index contributed by atoms with van der Waals surface area (Å²) in [5.74, 6) is -0.187. The highest BCUT2D eigenvalue weighted by Gasteiger charge is 2.22. The Morgan fingerprint density at radius 2 is 1.75 bits per heavy atom. The Morgan fingerprint density at radius 3 is 2.57 bits per heavy atom. The van der Waals surface area contributed by atoms with Gasteiger partial charge in [0.1, 0.15) is 4.38 Å². The quantitative estimate of drug-likeness (QED) is 0.609. The average molecular weight is 405 g/mol. The molecule has 0 aliphatic carbocycles. The molecule has 4 nitrogen and oxygen atoms in total. The maximum atomic E-state index is 12.3. The number of carbonyl (C=O) groups excluding carboxylic acids is 2. The molecule has 0 bridgehead atoms. The number of anilines is 1. The monoisotopic (exact) mass is 404 g/mol. The van der Waals surface area contributed by atoms with Crippen molar-refractivity contribution in [1.29, 1.82) is 0 Å². The van der Waals surface area contributed by atoms with Crippen LogP contribution in [0.2, 0.25) is 0 Å². The highest BCUT2D eigenvalue weighted by molar-refractivity contribution is 8.41. The number of hydrogen-bond acceptors (Lipinski definition) is 4. The molecule has 3 aromatic carbocycles. The summed E-state index contributed by atoms with van der Waals surface area (Å²) in [5.41, 5.74) is 1.71. The van der Waals surface area contributed by atoms with Gasteiger partial charge in [0, 0.05) is 5.69 Å². The smallest absolute Gasteiger partial charge is 0.285 e. The van der Waals surface area contributed by atoms with Gasteiger partial charge in [-0.25, -0.2) is 0 Å². The van der Waals surface area contributed by atoms with E-state index in [2.05, 4.69) is 10.3 Å². The molecule has 1 aliphatic heterocycles. The first-order chi connectivity index (χ1) is 13.7. The maximum absolute atomic E-state index is 12.3. The van der Waals surface area contributed by atoms with Crippen LogP contribution in [0.25, 0.3) is 16.8 Å². The third-order valence-corrected chi connectivity index (χ3v) is 6.18. The summed E-state index contributed by atoms with van der Waals surface area (Å²) >= 11 is 2.58. The zero-order valence-electron chi connectivity index (χ0n) is 14.8. The molecule has 6 heteroatoms. The summed E-state index contributed by atoms with van der Waals surface area (Å²) in [6, 6.07) is 23.4. The predicted octanol–water partition coefficient (Wildman–Crippen LogP) is 5.18. The average Bonchev–Trinajstić information content (AvgIpc) is 3.06. The van der Waals surface area contributed by atoms with E-state index in [1.807, 2.05) is 78.9 Å². The van der Waals surface area contributed by atoms with Crippen molar-refractivity contribution < 1.29 is 9.59 Å². The highest BCUT2D eigenvalue weighted by atomic mass is 32.2. The number of aliphatic imine (C=N–C) groups is 1. The topological polar surface area (TPSA) is 58.5 Å². The van der Waals surface area contributed by atoms with Gasteiger partial charge >= 0.3 is 0 Å². The zero-order chi connectivity index (χ0) is 19.3. The van der Waals surface area contributed by atoms with E-state index in [0.29, 0.717) is 9.28 Å². The summed E-state index contributed by atoms with van der Waals surface area (Å²) in [6.07, 6.45) is 1.82. The van der Waals surface area contributed by atoms with Crippen LogP contribution in [0.15, 0.2) is 82.7 Å². The van der Waals surface area contributed by atoms with E-state index in [-0.39, 0.29) is 17.6 Å². The fourth-order valence-electron chi connectivity index (χ4n) is 2.74. The molecule has 2 amide bonds. The van der Waals surface area contributed by atoms with Crippen molar-refractivity contribution in [2.45, 2.75) is 0 Å². The second-order valence-electron chi connectivity index (χ2n) is 6.10. The van der Waals surface area contributed by atoms with E-state index >= 15 is 0 Å². The van der Waals surface area contributed by atoms with Gasteiger partial charge in [-0.15, -0.1) is 0 Å². The van der Waals surface area contributed by atoms with Crippen molar-refractivity contribution in [2.24, 2.45) is 4.99 Å². The summed E-state index contributed by atoms with van der Waals surface area (Å²) in [7, 11) is 0. The van der Waals surface area contributed by atoms with Gasteiger partial charge in [-0.1, -0.05) is 84.2 Å². The molecule has 0 unspecified atom stereocenters. The number of nitrogens with one attached hydrogen (secondary N) is 1. The largest absolute Gasteiger partial charge is 0.325 e. The van der Waals surface area contributed by atoms with Crippen molar-refractivity contribution >= 4 is 62.2 Å². The first-order valence-corrected chi connectivity index (χ1v) is 10.5. The number of nitrogens with zero attached hydrogens (tertiary/aromatic N) is 1. The van der Waals surface area contributed by atoms with Gasteiger partial charge in [0.05, 0.1) is 10.7 Å². The van der Waals surface area contributed by atoms with E-state index in [4.69, 9.17) is 0 Å². The molecular weight excluding hydrogens is 388 g/mol. The van der Waals surface area contributed by atoms with Gasteiger partial charge in [0.25, 0.3) is 5.91 Å². The Bertz CT molecular complexity index is 1110. The molecule has 0 spiro atoms. The first kappa shape index (κ1) is 18.5. The van der Waals surface area contributed by atoms with Gasteiger partial charge in [-0.2, -0.15) is 4.99 Å². The minimum atomic E-state index is -0.258. The Labute approximate surface area is 171 Å². The molecule has 0 atom stereocenters. The summed E-state index contributed by atoms with van der Waals surface area (Å²) in [4.78, 5) is 28.9. The number of benzene rings is 3. The van der Waals surface area contributed by atoms with Crippen molar-refractivity contribution in [3.05, 3.63) is 83.3 Å². The molecule has 138 valence electrons. The summed E-state index contributed by atoms with van der Waals surface area (Å²) in [5, 5.41) is 5.10. The third kappa shape index (κ3) is 4.52. The second-order valence-corrected chi connectivity index (χ2v) is 8.36. The van der Waals surface area contributed by atoms with E-state index in [9.17, 15) is 9.59 Å². The predicted molar refractivity (Wildman–Crippen MR) is 119 cm³/mol. The molecule has 0 saturated carbocycles.